The summed E-state index contributed by atoms with van der Waals surface area (Å²) < 4.78 is 44.4. The number of aromatic nitrogens is 2. The van der Waals surface area contributed by atoms with E-state index in [1.165, 1.54) is 4.31 Å². The van der Waals surface area contributed by atoms with Gasteiger partial charge in [0.1, 0.15) is 24.9 Å². The molecule has 4 rings (SSSR count). The molecule has 2 aliphatic heterocycles. The lowest BCUT2D eigenvalue weighted by Crippen LogP contribution is -2.49. The topological polar surface area (TPSA) is 94.1 Å². The number of fused-ring (bicyclic) bond motifs is 1. The molecule has 1 fully saturated rings. The molecule has 0 N–H and O–H groups in total. The molecule has 0 atom stereocenters. The Hall–Kier alpha value is -2.59. The number of aryl methyl sites for hydroxylation is 1. The lowest BCUT2D eigenvalue weighted by atomic mass is 10.3. The van der Waals surface area contributed by atoms with Crippen LogP contribution in [0.3, 0.4) is 0 Å². The third-order valence-corrected chi connectivity index (χ3v) is 6.77. The maximum absolute atomic E-state index is 13.1. The van der Waals surface area contributed by atoms with E-state index in [0.29, 0.717) is 62.6 Å². The number of hydrogen-bond donors (Lipinski definition) is 0. The zero-order valence-corrected chi connectivity index (χ0v) is 18.2. The number of anilines is 1. The molecule has 2 aliphatic rings. The largest absolute Gasteiger partial charge is 0.486 e. The van der Waals surface area contributed by atoms with Crippen molar-refractivity contribution in [3.63, 3.8) is 0 Å². The summed E-state index contributed by atoms with van der Waals surface area (Å²) in [4.78, 5) is 11.1. The van der Waals surface area contributed by atoms with Crippen LogP contribution in [0.5, 0.6) is 17.4 Å². The minimum absolute atomic E-state index is 0.0140. The summed E-state index contributed by atoms with van der Waals surface area (Å²) in [6.45, 7) is 8.36. The Morgan fingerprint density at radius 3 is 2.40 bits per heavy atom. The van der Waals surface area contributed by atoms with Crippen LogP contribution >= 0.6 is 0 Å². The van der Waals surface area contributed by atoms with Crippen LogP contribution in [0.1, 0.15) is 19.7 Å². The van der Waals surface area contributed by atoms with Gasteiger partial charge in [-0.05, 0) is 32.9 Å². The van der Waals surface area contributed by atoms with E-state index >= 15 is 0 Å². The lowest BCUT2D eigenvalue weighted by Gasteiger charge is -2.35. The van der Waals surface area contributed by atoms with E-state index in [-0.39, 0.29) is 11.0 Å². The highest BCUT2D eigenvalue weighted by Crippen LogP contribution is 2.33. The Kier molecular flexibility index (Phi) is 5.70. The van der Waals surface area contributed by atoms with Crippen molar-refractivity contribution in [3.8, 4) is 17.4 Å². The maximum atomic E-state index is 13.1. The van der Waals surface area contributed by atoms with Crippen LogP contribution in [0.25, 0.3) is 0 Å². The zero-order chi connectivity index (χ0) is 21.3. The van der Waals surface area contributed by atoms with Crippen LogP contribution in [-0.4, -0.2) is 68.2 Å². The number of nitrogens with zero attached hydrogens (tertiary/aromatic N) is 4. The quantitative estimate of drug-likeness (QED) is 0.704. The second-order valence-electron chi connectivity index (χ2n) is 7.47. The molecule has 0 bridgehead atoms. The Labute approximate surface area is 176 Å². The van der Waals surface area contributed by atoms with Gasteiger partial charge in [0.25, 0.3) is 0 Å². The second kappa shape index (κ2) is 8.27. The van der Waals surface area contributed by atoms with Crippen LogP contribution in [0, 0.1) is 6.92 Å². The van der Waals surface area contributed by atoms with Crippen molar-refractivity contribution in [2.45, 2.75) is 31.8 Å². The molecule has 0 unspecified atom stereocenters. The molecule has 0 aliphatic carbocycles. The summed E-state index contributed by atoms with van der Waals surface area (Å²) in [7, 11) is -3.62. The summed E-state index contributed by atoms with van der Waals surface area (Å²) in [5.41, 5.74) is 0. The van der Waals surface area contributed by atoms with Crippen molar-refractivity contribution in [1.29, 1.82) is 0 Å². The third kappa shape index (κ3) is 4.29. The zero-order valence-electron chi connectivity index (χ0n) is 17.4. The van der Waals surface area contributed by atoms with Crippen LogP contribution in [0.4, 0.5) is 5.82 Å². The predicted octanol–water partition coefficient (Wildman–Crippen LogP) is 1.85. The predicted molar refractivity (Wildman–Crippen MR) is 111 cm³/mol. The van der Waals surface area contributed by atoms with Gasteiger partial charge in [0.05, 0.1) is 11.0 Å². The first-order chi connectivity index (χ1) is 14.3. The molecule has 0 saturated carbocycles. The standard InChI is InChI=1S/C20H26N4O5S/c1-14(2)29-20-13-19(21-15(3)22-20)23-6-8-24(9-7-23)30(25,26)16-4-5-17-18(12-16)28-11-10-27-17/h4-5,12-14H,6-11H2,1-3H3. The maximum Gasteiger partial charge on any atom is 0.243 e. The Morgan fingerprint density at radius 2 is 1.70 bits per heavy atom. The molecule has 0 spiro atoms. The molecular weight excluding hydrogens is 408 g/mol. The van der Waals surface area contributed by atoms with Crippen molar-refractivity contribution in [1.82, 2.24) is 14.3 Å². The second-order valence-corrected chi connectivity index (χ2v) is 9.41. The third-order valence-electron chi connectivity index (χ3n) is 4.87. The van der Waals surface area contributed by atoms with E-state index in [4.69, 9.17) is 14.2 Å². The summed E-state index contributed by atoms with van der Waals surface area (Å²) in [5, 5.41) is 0. The average molecular weight is 435 g/mol. The summed E-state index contributed by atoms with van der Waals surface area (Å²) in [6.07, 6.45) is 0.0140. The van der Waals surface area contributed by atoms with Gasteiger partial charge in [-0.25, -0.2) is 13.4 Å². The van der Waals surface area contributed by atoms with Gasteiger partial charge in [-0.15, -0.1) is 0 Å². The SMILES string of the molecule is Cc1nc(OC(C)C)cc(N2CCN(S(=O)(=O)c3ccc4c(c3)OCCO4)CC2)n1. The molecule has 30 heavy (non-hydrogen) atoms. The molecule has 0 radical (unpaired) electrons. The van der Waals surface area contributed by atoms with E-state index in [0.717, 1.165) is 5.82 Å². The van der Waals surface area contributed by atoms with E-state index in [1.54, 1.807) is 24.3 Å². The first-order valence-corrected chi connectivity index (χ1v) is 11.4. The van der Waals surface area contributed by atoms with Crippen molar-refractivity contribution in [3.05, 3.63) is 30.1 Å². The average Bonchev–Trinajstić information content (AvgIpc) is 2.72. The molecule has 0 amide bonds. The molecule has 162 valence electrons. The van der Waals surface area contributed by atoms with Gasteiger partial charge < -0.3 is 19.1 Å². The van der Waals surface area contributed by atoms with Crippen LogP contribution < -0.4 is 19.1 Å². The van der Waals surface area contributed by atoms with Gasteiger partial charge in [0, 0.05) is 38.3 Å². The fraction of sp³-hybridized carbons (Fsp3) is 0.500. The molecule has 3 heterocycles. The van der Waals surface area contributed by atoms with Crippen LogP contribution in [-0.2, 0) is 10.0 Å². The molecule has 1 saturated heterocycles. The number of rotatable bonds is 5. The molecule has 1 aromatic heterocycles. The molecular formula is C20H26N4O5S. The number of hydrogen-bond acceptors (Lipinski definition) is 8. The monoisotopic (exact) mass is 434 g/mol. The molecule has 10 heteroatoms. The molecule has 2 aromatic rings. The van der Waals surface area contributed by atoms with Crippen molar-refractivity contribution < 1.29 is 22.6 Å². The van der Waals surface area contributed by atoms with Gasteiger partial charge in [0.15, 0.2) is 11.5 Å². The summed E-state index contributed by atoms with van der Waals surface area (Å²) >= 11 is 0. The molecule has 1 aromatic carbocycles. The van der Waals surface area contributed by atoms with E-state index in [2.05, 4.69) is 14.9 Å². The fourth-order valence-electron chi connectivity index (χ4n) is 3.48. The van der Waals surface area contributed by atoms with Gasteiger partial charge in [-0.3, -0.25) is 0 Å². The first kappa shape index (κ1) is 20.7. The van der Waals surface area contributed by atoms with Crippen LogP contribution in [0.2, 0.25) is 0 Å². The molecule has 9 nitrogen and oxygen atoms in total. The van der Waals surface area contributed by atoms with Gasteiger partial charge in [-0.2, -0.15) is 9.29 Å². The van der Waals surface area contributed by atoms with Gasteiger partial charge in [-0.1, -0.05) is 0 Å². The van der Waals surface area contributed by atoms with Crippen molar-refractivity contribution in [2.24, 2.45) is 0 Å². The van der Waals surface area contributed by atoms with Gasteiger partial charge >= 0.3 is 0 Å². The minimum atomic E-state index is -3.62. The summed E-state index contributed by atoms with van der Waals surface area (Å²) in [5.74, 6) is 2.93. The normalized spacial score (nSPS) is 17.3. The van der Waals surface area contributed by atoms with Crippen LogP contribution in [0.15, 0.2) is 29.2 Å². The number of ether oxygens (including phenoxy) is 3. The first-order valence-electron chi connectivity index (χ1n) is 10.00. The highest BCUT2D eigenvalue weighted by molar-refractivity contribution is 7.89. The Morgan fingerprint density at radius 1 is 1.00 bits per heavy atom. The van der Waals surface area contributed by atoms with Crippen molar-refractivity contribution >= 4 is 15.8 Å². The number of sulfonamides is 1. The van der Waals surface area contributed by atoms with E-state index < -0.39 is 10.0 Å². The van der Waals surface area contributed by atoms with Gasteiger partial charge in [0.2, 0.25) is 15.9 Å². The van der Waals surface area contributed by atoms with E-state index in [9.17, 15) is 8.42 Å². The minimum Gasteiger partial charge on any atom is -0.486 e. The lowest BCUT2D eigenvalue weighted by molar-refractivity contribution is 0.171. The number of piperazine rings is 1. The smallest absolute Gasteiger partial charge is 0.243 e. The van der Waals surface area contributed by atoms with E-state index in [1.807, 2.05) is 20.8 Å². The number of benzene rings is 1. The Balaban J connectivity index is 1.47. The fourth-order valence-corrected chi connectivity index (χ4v) is 4.92. The van der Waals surface area contributed by atoms with Crippen molar-refractivity contribution in [2.75, 3.05) is 44.3 Å². The summed E-state index contributed by atoms with van der Waals surface area (Å²) in [6, 6.07) is 6.56. The Bertz CT molecular complexity index is 1020. The highest BCUT2D eigenvalue weighted by Gasteiger charge is 2.30. The highest BCUT2D eigenvalue weighted by atomic mass is 32.2.